The average molecular weight is 251 g/mol. The standard InChI is InChI=1S/C14H21NO3/c1-5-10(14(16)17)13(15)12-9(3)6-8(2)7-11(12)18-4/h6-7,10,13H,5,15H2,1-4H3,(H,16,17). The Kier molecular flexibility index (Phi) is 4.73. The molecule has 0 bridgehead atoms. The summed E-state index contributed by atoms with van der Waals surface area (Å²) < 4.78 is 5.33. The van der Waals surface area contributed by atoms with Crippen LogP contribution >= 0.6 is 0 Å². The van der Waals surface area contributed by atoms with Gasteiger partial charge in [-0.05, 0) is 37.5 Å². The average Bonchev–Trinajstić information content (AvgIpc) is 2.27. The molecule has 4 heteroatoms. The maximum absolute atomic E-state index is 11.2. The van der Waals surface area contributed by atoms with E-state index in [2.05, 4.69) is 0 Å². The Morgan fingerprint density at radius 2 is 2.06 bits per heavy atom. The Hall–Kier alpha value is -1.55. The Bertz CT molecular complexity index is 443. The van der Waals surface area contributed by atoms with Crippen molar-refractivity contribution in [2.75, 3.05) is 7.11 Å². The number of hydrogen-bond donors (Lipinski definition) is 2. The van der Waals surface area contributed by atoms with Crippen molar-refractivity contribution in [3.05, 3.63) is 28.8 Å². The Morgan fingerprint density at radius 3 is 2.50 bits per heavy atom. The van der Waals surface area contributed by atoms with E-state index in [0.29, 0.717) is 12.2 Å². The van der Waals surface area contributed by atoms with Crippen molar-refractivity contribution < 1.29 is 14.6 Å². The highest BCUT2D eigenvalue weighted by molar-refractivity contribution is 5.71. The Labute approximate surface area is 108 Å². The Balaban J connectivity index is 3.27. The maximum Gasteiger partial charge on any atom is 0.308 e. The van der Waals surface area contributed by atoms with E-state index < -0.39 is 17.9 Å². The fourth-order valence-electron chi connectivity index (χ4n) is 2.32. The van der Waals surface area contributed by atoms with Crippen LogP contribution in [0, 0.1) is 19.8 Å². The van der Waals surface area contributed by atoms with E-state index in [9.17, 15) is 9.90 Å². The van der Waals surface area contributed by atoms with E-state index in [1.54, 1.807) is 7.11 Å². The number of aliphatic carboxylic acids is 1. The first kappa shape index (κ1) is 14.5. The van der Waals surface area contributed by atoms with Crippen LogP contribution in [0.1, 0.15) is 36.1 Å². The summed E-state index contributed by atoms with van der Waals surface area (Å²) in [5, 5.41) is 9.19. The van der Waals surface area contributed by atoms with Gasteiger partial charge in [0.1, 0.15) is 5.75 Å². The largest absolute Gasteiger partial charge is 0.496 e. The maximum atomic E-state index is 11.2. The topological polar surface area (TPSA) is 72.5 Å². The lowest BCUT2D eigenvalue weighted by Crippen LogP contribution is -2.28. The predicted molar refractivity (Wildman–Crippen MR) is 70.8 cm³/mol. The number of carbonyl (C=O) groups is 1. The minimum Gasteiger partial charge on any atom is -0.496 e. The van der Waals surface area contributed by atoms with Gasteiger partial charge >= 0.3 is 5.97 Å². The van der Waals surface area contributed by atoms with Gasteiger partial charge in [-0.1, -0.05) is 13.0 Å². The van der Waals surface area contributed by atoms with Crippen LogP contribution in [0.15, 0.2) is 12.1 Å². The van der Waals surface area contributed by atoms with Gasteiger partial charge in [0.05, 0.1) is 13.0 Å². The molecule has 0 saturated heterocycles. The van der Waals surface area contributed by atoms with Crippen molar-refractivity contribution in [1.29, 1.82) is 0 Å². The molecular weight excluding hydrogens is 230 g/mol. The molecule has 2 unspecified atom stereocenters. The van der Waals surface area contributed by atoms with Gasteiger partial charge in [0.25, 0.3) is 0 Å². The van der Waals surface area contributed by atoms with E-state index in [1.807, 2.05) is 32.9 Å². The first-order valence-electron chi connectivity index (χ1n) is 6.05. The lowest BCUT2D eigenvalue weighted by atomic mass is 9.88. The number of hydrogen-bond acceptors (Lipinski definition) is 3. The molecule has 0 heterocycles. The number of rotatable bonds is 5. The number of carboxylic acids is 1. The molecule has 0 amide bonds. The molecule has 18 heavy (non-hydrogen) atoms. The highest BCUT2D eigenvalue weighted by Crippen LogP contribution is 2.33. The molecule has 0 radical (unpaired) electrons. The monoisotopic (exact) mass is 251 g/mol. The molecule has 4 nitrogen and oxygen atoms in total. The van der Waals surface area contributed by atoms with E-state index in [-0.39, 0.29) is 0 Å². The van der Waals surface area contributed by atoms with Crippen molar-refractivity contribution in [3.8, 4) is 5.75 Å². The number of nitrogens with two attached hydrogens (primary N) is 1. The second kappa shape index (κ2) is 5.87. The van der Waals surface area contributed by atoms with E-state index in [1.165, 1.54) is 0 Å². The molecule has 3 N–H and O–H groups in total. The molecule has 1 rings (SSSR count). The minimum atomic E-state index is -0.868. The van der Waals surface area contributed by atoms with Crippen molar-refractivity contribution in [3.63, 3.8) is 0 Å². The SMILES string of the molecule is CCC(C(=O)O)C(N)c1c(C)cc(C)cc1OC. The van der Waals surface area contributed by atoms with Gasteiger partial charge in [-0.15, -0.1) is 0 Å². The van der Waals surface area contributed by atoms with Crippen LogP contribution in [0.25, 0.3) is 0 Å². The van der Waals surface area contributed by atoms with Crippen LogP contribution in [0.2, 0.25) is 0 Å². The van der Waals surface area contributed by atoms with Crippen LogP contribution in [0.4, 0.5) is 0 Å². The molecule has 0 aliphatic heterocycles. The lowest BCUT2D eigenvalue weighted by molar-refractivity contribution is -0.142. The predicted octanol–water partition coefficient (Wildman–Crippen LogP) is 2.42. The van der Waals surface area contributed by atoms with Gasteiger partial charge in [-0.25, -0.2) is 0 Å². The quantitative estimate of drug-likeness (QED) is 0.843. The van der Waals surface area contributed by atoms with Gasteiger partial charge in [-0.2, -0.15) is 0 Å². The normalized spacial score (nSPS) is 14.1. The summed E-state index contributed by atoms with van der Waals surface area (Å²) >= 11 is 0. The molecule has 1 aromatic rings. The van der Waals surface area contributed by atoms with Crippen LogP contribution in [0.3, 0.4) is 0 Å². The minimum absolute atomic E-state index is 0.493. The van der Waals surface area contributed by atoms with Crippen molar-refractivity contribution in [1.82, 2.24) is 0 Å². The summed E-state index contributed by atoms with van der Waals surface area (Å²) in [6, 6.07) is 3.33. The second-order valence-corrected chi connectivity index (χ2v) is 4.58. The number of carboxylic acid groups (broad SMARTS) is 1. The molecular formula is C14H21NO3. The fourth-order valence-corrected chi connectivity index (χ4v) is 2.32. The summed E-state index contributed by atoms with van der Waals surface area (Å²) in [6.07, 6.45) is 0.493. The number of ether oxygens (including phenoxy) is 1. The molecule has 0 saturated carbocycles. The van der Waals surface area contributed by atoms with Crippen molar-refractivity contribution >= 4 is 5.97 Å². The van der Waals surface area contributed by atoms with Crippen LogP contribution in [-0.2, 0) is 4.79 Å². The van der Waals surface area contributed by atoms with Gasteiger partial charge in [0.15, 0.2) is 0 Å². The summed E-state index contributed by atoms with van der Waals surface area (Å²) in [5.41, 5.74) is 8.95. The number of benzene rings is 1. The third-order valence-electron chi connectivity index (χ3n) is 3.24. The lowest BCUT2D eigenvalue weighted by Gasteiger charge is -2.23. The van der Waals surface area contributed by atoms with Gasteiger partial charge in [0.2, 0.25) is 0 Å². The molecule has 0 aliphatic carbocycles. The molecule has 0 aromatic heterocycles. The Morgan fingerprint density at radius 1 is 1.44 bits per heavy atom. The molecule has 0 spiro atoms. The van der Waals surface area contributed by atoms with Gasteiger partial charge in [-0.3, -0.25) is 4.79 Å². The summed E-state index contributed by atoms with van der Waals surface area (Å²) in [7, 11) is 1.58. The number of aryl methyl sites for hydroxylation is 2. The highest BCUT2D eigenvalue weighted by atomic mass is 16.5. The first-order valence-corrected chi connectivity index (χ1v) is 6.05. The third kappa shape index (κ3) is 2.82. The molecule has 0 fully saturated rings. The zero-order valence-corrected chi connectivity index (χ0v) is 11.4. The zero-order valence-electron chi connectivity index (χ0n) is 11.4. The summed E-state index contributed by atoms with van der Waals surface area (Å²) in [4.78, 5) is 11.2. The molecule has 1 aromatic carbocycles. The zero-order chi connectivity index (χ0) is 13.9. The first-order chi connectivity index (χ1) is 8.42. The van der Waals surface area contributed by atoms with E-state index in [4.69, 9.17) is 10.5 Å². The third-order valence-corrected chi connectivity index (χ3v) is 3.24. The van der Waals surface area contributed by atoms with Crippen LogP contribution in [0.5, 0.6) is 5.75 Å². The van der Waals surface area contributed by atoms with Gasteiger partial charge < -0.3 is 15.6 Å². The van der Waals surface area contributed by atoms with Crippen LogP contribution < -0.4 is 10.5 Å². The highest BCUT2D eigenvalue weighted by Gasteiger charge is 2.28. The molecule has 100 valence electrons. The fraction of sp³-hybridized carbons (Fsp3) is 0.500. The van der Waals surface area contributed by atoms with E-state index >= 15 is 0 Å². The van der Waals surface area contributed by atoms with Gasteiger partial charge in [0, 0.05) is 11.6 Å². The van der Waals surface area contributed by atoms with Crippen LogP contribution in [-0.4, -0.2) is 18.2 Å². The number of methoxy groups -OCH3 is 1. The summed E-state index contributed by atoms with van der Waals surface area (Å²) in [5.74, 6) is -0.799. The van der Waals surface area contributed by atoms with Crippen molar-refractivity contribution in [2.24, 2.45) is 11.7 Å². The second-order valence-electron chi connectivity index (χ2n) is 4.58. The molecule has 0 aliphatic rings. The summed E-state index contributed by atoms with van der Waals surface area (Å²) in [6.45, 7) is 5.73. The smallest absolute Gasteiger partial charge is 0.308 e. The van der Waals surface area contributed by atoms with Crippen molar-refractivity contribution in [2.45, 2.75) is 33.2 Å². The van der Waals surface area contributed by atoms with E-state index in [0.717, 1.165) is 16.7 Å². The molecule has 2 atom stereocenters.